The maximum atomic E-state index is 12.0. The SMILES string of the molecule is CCCC[N+]1=C(/C=C/C=C/C=C/N(C(C)=O)c2ccccc2)C(C)(C)c2ccccc21. The van der Waals surface area contributed by atoms with E-state index in [1.54, 1.807) is 18.0 Å². The molecule has 1 aliphatic heterocycles. The molecule has 1 amide bonds. The van der Waals surface area contributed by atoms with Gasteiger partial charge in [0.05, 0.1) is 5.41 Å². The molecule has 2 aromatic rings. The molecule has 160 valence electrons. The van der Waals surface area contributed by atoms with E-state index in [2.05, 4.69) is 61.8 Å². The molecule has 0 fully saturated rings. The highest BCUT2D eigenvalue weighted by Gasteiger charge is 2.43. The predicted octanol–water partition coefficient (Wildman–Crippen LogP) is 6.54. The summed E-state index contributed by atoms with van der Waals surface area (Å²) in [6.07, 6.45) is 14.3. The van der Waals surface area contributed by atoms with Crippen molar-refractivity contribution in [2.45, 2.75) is 46.0 Å². The van der Waals surface area contributed by atoms with Crippen molar-refractivity contribution in [1.82, 2.24) is 0 Å². The van der Waals surface area contributed by atoms with Crippen LogP contribution in [0.5, 0.6) is 0 Å². The number of amides is 1. The second-order valence-corrected chi connectivity index (χ2v) is 8.34. The molecule has 0 unspecified atom stereocenters. The predicted molar refractivity (Wildman–Crippen MR) is 131 cm³/mol. The number of hydrogen-bond donors (Lipinski definition) is 0. The number of anilines is 1. The van der Waals surface area contributed by atoms with Crippen LogP contribution in [0.15, 0.2) is 91.2 Å². The van der Waals surface area contributed by atoms with Crippen molar-refractivity contribution in [3.63, 3.8) is 0 Å². The molecule has 0 N–H and O–H groups in total. The maximum absolute atomic E-state index is 12.0. The van der Waals surface area contributed by atoms with Crippen molar-refractivity contribution >= 4 is 23.0 Å². The van der Waals surface area contributed by atoms with Gasteiger partial charge in [0.1, 0.15) is 6.54 Å². The van der Waals surface area contributed by atoms with Crippen molar-refractivity contribution < 1.29 is 9.37 Å². The highest BCUT2D eigenvalue weighted by Crippen LogP contribution is 2.39. The lowest BCUT2D eigenvalue weighted by molar-refractivity contribution is -0.438. The molecule has 0 atom stereocenters. The van der Waals surface area contributed by atoms with Crippen LogP contribution >= 0.6 is 0 Å². The summed E-state index contributed by atoms with van der Waals surface area (Å²) in [5.41, 5.74) is 4.87. The summed E-state index contributed by atoms with van der Waals surface area (Å²) in [7, 11) is 0. The van der Waals surface area contributed by atoms with E-state index in [1.807, 2.05) is 48.6 Å². The topological polar surface area (TPSA) is 23.3 Å². The monoisotopic (exact) mass is 413 g/mol. The standard InChI is InChI=1S/C28H33N2O/c1-5-6-21-30-26-19-14-13-18-25(26)28(3,4)27(30)20-12-7-8-15-22-29(23(2)31)24-16-10-9-11-17-24/h7-20,22H,5-6,21H2,1-4H3/q+1. The number of para-hydroxylation sites is 2. The van der Waals surface area contributed by atoms with Crippen LogP contribution < -0.4 is 4.90 Å². The lowest BCUT2D eigenvalue weighted by atomic mass is 9.81. The zero-order valence-electron chi connectivity index (χ0n) is 19.1. The second-order valence-electron chi connectivity index (χ2n) is 8.34. The van der Waals surface area contributed by atoms with Gasteiger partial charge in [-0.05, 0) is 32.1 Å². The average molecular weight is 414 g/mol. The first kappa shape index (κ1) is 22.5. The summed E-state index contributed by atoms with van der Waals surface area (Å²) in [5, 5.41) is 0. The molecule has 0 bridgehead atoms. The van der Waals surface area contributed by atoms with Crippen LogP contribution in [0.3, 0.4) is 0 Å². The van der Waals surface area contributed by atoms with Gasteiger partial charge in [0.25, 0.3) is 0 Å². The highest BCUT2D eigenvalue weighted by atomic mass is 16.2. The minimum atomic E-state index is -0.0246. The molecule has 1 aliphatic rings. The number of carbonyl (C=O) groups is 1. The van der Waals surface area contributed by atoms with E-state index < -0.39 is 0 Å². The molecule has 0 radical (unpaired) electrons. The maximum Gasteiger partial charge on any atom is 0.227 e. The Morgan fingerprint density at radius 1 is 0.968 bits per heavy atom. The number of allylic oxidation sites excluding steroid dienone is 5. The second kappa shape index (κ2) is 10.2. The third-order valence-electron chi connectivity index (χ3n) is 5.73. The Morgan fingerprint density at radius 3 is 2.35 bits per heavy atom. The quantitative estimate of drug-likeness (QED) is 0.356. The molecule has 3 heteroatoms. The largest absolute Gasteiger partial charge is 0.288 e. The summed E-state index contributed by atoms with van der Waals surface area (Å²) >= 11 is 0. The van der Waals surface area contributed by atoms with E-state index in [9.17, 15) is 4.79 Å². The molecule has 0 aliphatic carbocycles. The number of benzene rings is 2. The Balaban J connectivity index is 1.77. The number of hydrogen-bond acceptors (Lipinski definition) is 1. The third-order valence-corrected chi connectivity index (χ3v) is 5.73. The number of fused-ring (bicyclic) bond motifs is 1. The summed E-state index contributed by atoms with van der Waals surface area (Å²) in [5.74, 6) is -0.0148. The number of carbonyl (C=O) groups excluding carboxylic acids is 1. The van der Waals surface area contributed by atoms with Crippen LogP contribution in [-0.2, 0) is 10.2 Å². The van der Waals surface area contributed by atoms with Crippen molar-refractivity contribution in [2.24, 2.45) is 0 Å². The Hall–Kier alpha value is -3.20. The Morgan fingerprint density at radius 2 is 1.65 bits per heavy atom. The fourth-order valence-corrected chi connectivity index (χ4v) is 4.07. The number of rotatable bonds is 8. The minimum Gasteiger partial charge on any atom is -0.288 e. The van der Waals surface area contributed by atoms with Crippen LogP contribution in [0.2, 0.25) is 0 Å². The van der Waals surface area contributed by atoms with Gasteiger partial charge in [-0.2, -0.15) is 4.58 Å². The fraction of sp³-hybridized carbons (Fsp3) is 0.286. The highest BCUT2D eigenvalue weighted by molar-refractivity contribution is 6.03. The first-order chi connectivity index (χ1) is 15.0. The molecule has 0 aromatic heterocycles. The van der Waals surface area contributed by atoms with E-state index >= 15 is 0 Å². The van der Waals surface area contributed by atoms with Crippen molar-refractivity contribution in [3.8, 4) is 0 Å². The van der Waals surface area contributed by atoms with Gasteiger partial charge in [-0.25, -0.2) is 0 Å². The van der Waals surface area contributed by atoms with E-state index in [4.69, 9.17) is 0 Å². The zero-order chi connectivity index (χ0) is 22.3. The van der Waals surface area contributed by atoms with Gasteiger partial charge in [-0.1, -0.05) is 68.0 Å². The van der Waals surface area contributed by atoms with Crippen LogP contribution in [0.4, 0.5) is 11.4 Å². The van der Waals surface area contributed by atoms with Gasteiger partial charge in [0.15, 0.2) is 5.71 Å². The normalized spacial score (nSPS) is 15.4. The van der Waals surface area contributed by atoms with E-state index in [0.717, 1.165) is 12.2 Å². The molecule has 0 saturated carbocycles. The van der Waals surface area contributed by atoms with Gasteiger partial charge in [0, 0.05) is 42.9 Å². The van der Waals surface area contributed by atoms with Crippen molar-refractivity contribution in [2.75, 3.05) is 11.4 Å². The number of nitrogens with zero attached hydrogens (tertiary/aromatic N) is 2. The summed E-state index contributed by atoms with van der Waals surface area (Å²) in [6.45, 7) is 9.43. The average Bonchev–Trinajstić information content (AvgIpc) is 2.98. The van der Waals surface area contributed by atoms with Crippen molar-refractivity contribution in [3.05, 3.63) is 96.7 Å². The fourth-order valence-electron chi connectivity index (χ4n) is 4.07. The van der Waals surface area contributed by atoms with Crippen molar-refractivity contribution in [1.29, 1.82) is 0 Å². The third kappa shape index (κ3) is 5.11. The van der Waals surface area contributed by atoms with Gasteiger partial charge in [0.2, 0.25) is 11.6 Å². The molecule has 0 saturated heterocycles. The first-order valence-electron chi connectivity index (χ1n) is 11.1. The molecule has 0 spiro atoms. The van der Waals surface area contributed by atoms with Crippen LogP contribution in [-0.4, -0.2) is 22.7 Å². The smallest absolute Gasteiger partial charge is 0.227 e. The molecule has 2 aromatic carbocycles. The first-order valence-corrected chi connectivity index (χ1v) is 11.1. The minimum absolute atomic E-state index is 0.0148. The van der Waals surface area contributed by atoms with Gasteiger partial charge in [-0.15, -0.1) is 0 Å². The van der Waals surface area contributed by atoms with Gasteiger partial charge >= 0.3 is 0 Å². The Kier molecular flexibility index (Phi) is 7.41. The summed E-state index contributed by atoms with van der Waals surface area (Å²) in [4.78, 5) is 13.6. The van der Waals surface area contributed by atoms with Gasteiger partial charge < -0.3 is 0 Å². The molecule has 3 rings (SSSR count). The van der Waals surface area contributed by atoms with E-state index in [1.165, 1.54) is 29.8 Å². The Labute approximate surface area is 186 Å². The van der Waals surface area contributed by atoms with Gasteiger partial charge in [-0.3, -0.25) is 9.69 Å². The Bertz CT molecular complexity index is 1030. The van der Waals surface area contributed by atoms with Crippen LogP contribution in [0.25, 0.3) is 0 Å². The lowest BCUT2D eigenvalue weighted by Crippen LogP contribution is -2.27. The molecule has 3 nitrogen and oxygen atoms in total. The summed E-state index contributed by atoms with van der Waals surface area (Å²) < 4.78 is 2.46. The van der Waals surface area contributed by atoms with Crippen LogP contribution in [0.1, 0.15) is 46.1 Å². The van der Waals surface area contributed by atoms with E-state index in [0.29, 0.717) is 0 Å². The molecule has 1 heterocycles. The molecular formula is C28H33N2O+. The molecule has 31 heavy (non-hydrogen) atoms. The van der Waals surface area contributed by atoms with E-state index in [-0.39, 0.29) is 11.3 Å². The lowest BCUT2D eigenvalue weighted by Gasteiger charge is -2.15. The zero-order valence-corrected chi connectivity index (χ0v) is 19.1. The van der Waals surface area contributed by atoms with Crippen LogP contribution in [0, 0.1) is 0 Å². The molecular weight excluding hydrogens is 380 g/mol. The summed E-state index contributed by atoms with van der Waals surface area (Å²) in [6, 6.07) is 18.4. The number of unbranched alkanes of at least 4 members (excludes halogenated alkanes) is 1.